The number of rotatable bonds is 4. The zero-order chi connectivity index (χ0) is 15.4. The highest BCUT2D eigenvalue weighted by molar-refractivity contribution is 5.74. The van der Waals surface area contributed by atoms with Crippen molar-refractivity contribution in [2.45, 2.75) is 64.6 Å². The first-order chi connectivity index (χ1) is 9.99. The number of carbonyl (C=O) groups is 1. The topological polar surface area (TPSA) is 55.8 Å². The highest BCUT2D eigenvalue weighted by Gasteiger charge is 2.30. The smallest absolute Gasteiger partial charge is 0.317 e. The molecular formula is C16H31N3O2. The third kappa shape index (κ3) is 4.33. The predicted molar refractivity (Wildman–Crippen MR) is 84.2 cm³/mol. The van der Waals surface area contributed by atoms with Gasteiger partial charge in [-0.1, -0.05) is 6.42 Å². The third-order valence-corrected chi connectivity index (χ3v) is 5.02. The van der Waals surface area contributed by atoms with Gasteiger partial charge < -0.3 is 15.3 Å². The van der Waals surface area contributed by atoms with Crippen LogP contribution in [0.1, 0.15) is 46.5 Å². The van der Waals surface area contributed by atoms with Gasteiger partial charge in [-0.3, -0.25) is 4.90 Å². The fraction of sp³-hybridized carbons (Fsp3) is 0.938. The van der Waals surface area contributed by atoms with Crippen molar-refractivity contribution in [3.63, 3.8) is 0 Å². The molecule has 0 bridgehead atoms. The minimum atomic E-state index is -0.322. The molecule has 0 aliphatic carbocycles. The van der Waals surface area contributed by atoms with Crippen molar-refractivity contribution in [1.82, 2.24) is 15.1 Å². The summed E-state index contributed by atoms with van der Waals surface area (Å²) in [6, 6.07) is 1.05. The molecule has 0 radical (unpaired) electrons. The summed E-state index contributed by atoms with van der Waals surface area (Å²) in [5, 5.41) is 12.7. The van der Waals surface area contributed by atoms with E-state index in [0.29, 0.717) is 18.6 Å². The van der Waals surface area contributed by atoms with Gasteiger partial charge in [-0.25, -0.2) is 4.79 Å². The monoisotopic (exact) mass is 297 g/mol. The van der Waals surface area contributed by atoms with Crippen molar-refractivity contribution in [1.29, 1.82) is 0 Å². The van der Waals surface area contributed by atoms with Crippen LogP contribution in [0.2, 0.25) is 0 Å². The molecule has 0 aromatic heterocycles. The summed E-state index contributed by atoms with van der Waals surface area (Å²) in [6.45, 7) is 9.61. The average molecular weight is 297 g/mol. The Kier molecular flexibility index (Phi) is 5.88. The molecule has 2 N–H and O–H groups in total. The number of nitrogens with one attached hydrogen (secondary N) is 1. The molecule has 3 atom stereocenters. The Balaban J connectivity index is 1.78. The van der Waals surface area contributed by atoms with Crippen LogP contribution in [-0.4, -0.2) is 65.3 Å². The summed E-state index contributed by atoms with van der Waals surface area (Å²) in [6.07, 6.45) is 4.29. The second-order valence-corrected chi connectivity index (χ2v) is 6.90. The first-order valence-electron chi connectivity index (χ1n) is 8.45. The minimum absolute atomic E-state index is 0.0347. The number of amides is 2. The maximum atomic E-state index is 12.2. The molecule has 21 heavy (non-hydrogen) atoms. The van der Waals surface area contributed by atoms with Gasteiger partial charge in [0.05, 0.1) is 6.10 Å². The molecule has 3 unspecified atom stereocenters. The number of aliphatic hydroxyl groups excluding tert-OH is 1. The molecule has 5 heteroatoms. The summed E-state index contributed by atoms with van der Waals surface area (Å²) < 4.78 is 0. The average Bonchev–Trinajstić information content (AvgIpc) is 2.95. The highest BCUT2D eigenvalue weighted by atomic mass is 16.3. The minimum Gasteiger partial charge on any atom is -0.393 e. The molecule has 2 aliphatic rings. The third-order valence-electron chi connectivity index (χ3n) is 5.02. The van der Waals surface area contributed by atoms with Gasteiger partial charge in [0, 0.05) is 37.6 Å². The van der Waals surface area contributed by atoms with E-state index in [4.69, 9.17) is 0 Å². The van der Waals surface area contributed by atoms with Gasteiger partial charge >= 0.3 is 6.03 Å². The van der Waals surface area contributed by atoms with Crippen LogP contribution in [0, 0.1) is 5.92 Å². The normalized spacial score (nSPS) is 28.9. The SMILES string of the molecule is CC(O)C1CCN(C(=O)NCC2CCCCN2C(C)C)C1. The number of nitrogens with zero attached hydrogens (tertiary/aromatic N) is 2. The van der Waals surface area contributed by atoms with Crippen molar-refractivity contribution >= 4 is 6.03 Å². The van der Waals surface area contributed by atoms with Crippen LogP contribution in [0.15, 0.2) is 0 Å². The number of hydrogen-bond acceptors (Lipinski definition) is 3. The van der Waals surface area contributed by atoms with Gasteiger partial charge in [0.25, 0.3) is 0 Å². The molecule has 2 rings (SSSR count). The van der Waals surface area contributed by atoms with Crippen LogP contribution in [-0.2, 0) is 0 Å². The summed E-state index contributed by atoms with van der Waals surface area (Å²) in [7, 11) is 0. The molecule has 2 fully saturated rings. The van der Waals surface area contributed by atoms with Crippen molar-refractivity contribution in [3.05, 3.63) is 0 Å². The lowest BCUT2D eigenvalue weighted by Gasteiger charge is -2.38. The van der Waals surface area contributed by atoms with E-state index >= 15 is 0 Å². The number of piperidine rings is 1. The van der Waals surface area contributed by atoms with Gasteiger partial charge in [-0.05, 0) is 46.6 Å². The molecule has 2 heterocycles. The largest absolute Gasteiger partial charge is 0.393 e. The van der Waals surface area contributed by atoms with Gasteiger partial charge in [0.1, 0.15) is 0 Å². The molecule has 0 saturated carbocycles. The Morgan fingerprint density at radius 1 is 1.24 bits per heavy atom. The first-order valence-corrected chi connectivity index (χ1v) is 8.45. The summed E-state index contributed by atoms with van der Waals surface area (Å²) >= 11 is 0. The van der Waals surface area contributed by atoms with Crippen LogP contribution >= 0.6 is 0 Å². The lowest BCUT2D eigenvalue weighted by molar-refractivity contribution is 0.109. The molecular weight excluding hydrogens is 266 g/mol. The van der Waals surface area contributed by atoms with Crippen molar-refractivity contribution in [2.24, 2.45) is 5.92 Å². The van der Waals surface area contributed by atoms with Crippen molar-refractivity contribution in [2.75, 3.05) is 26.2 Å². The van der Waals surface area contributed by atoms with Crippen LogP contribution in [0.5, 0.6) is 0 Å². The van der Waals surface area contributed by atoms with Crippen LogP contribution in [0.3, 0.4) is 0 Å². The fourth-order valence-corrected chi connectivity index (χ4v) is 3.60. The van der Waals surface area contributed by atoms with E-state index in [1.807, 2.05) is 11.8 Å². The Bertz CT molecular complexity index is 346. The lowest BCUT2D eigenvalue weighted by Crippen LogP contribution is -2.51. The van der Waals surface area contributed by atoms with E-state index in [1.54, 1.807) is 0 Å². The van der Waals surface area contributed by atoms with E-state index < -0.39 is 0 Å². The highest BCUT2D eigenvalue weighted by Crippen LogP contribution is 2.21. The van der Waals surface area contributed by atoms with Gasteiger partial charge in [-0.2, -0.15) is 0 Å². The molecule has 2 saturated heterocycles. The Labute approximate surface area is 128 Å². The van der Waals surface area contributed by atoms with Crippen LogP contribution < -0.4 is 5.32 Å². The standard InChI is InChI=1S/C16H31N3O2/c1-12(2)19-8-5-4-6-15(19)10-17-16(21)18-9-7-14(11-18)13(3)20/h12-15,20H,4-11H2,1-3H3,(H,17,21). The zero-order valence-corrected chi connectivity index (χ0v) is 13.7. The molecule has 122 valence electrons. The predicted octanol–water partition coefficient (Wildman–Crippen LogP) is 1.66. The molecule has 0 aromatic rings. The van der Waals surface area contributed by atoms with Crippen LogP contribution in [0.25, 0.3) is 0 Å². The van der Waals surface area contributed by atoms with E-state index in [2.05, 4.69) is 24.1 Å². The van der Waals surface area contributed by atoms with E-state index in [0.717, 1.165) is 26.1 Å². The Morgan fingerprint density at radius 3 is 2.62 bits per heavy atom. The maximum Gasteiger partial charge on any atom is 0.317 e. The molecule has 5 nitrogen and oxygen atoms in total. The van der Waals surface area contributed by atoms with Gasteiger partial charge in [0.2, 0.25) is 0 Å². The summed E-state index contributed by atoms with van der Waals surface area (Å²) in [4.78, 5) is 16.6. The van der Waals surface area contributed by atoms with Crippen molar-refractivity contribution < 1.29 is 9.90 Å². The Morgan fingerprint density at radius 2 is 2.00 bits per heavy atom. The lowest BCUT2D eigenvalue weighted by atomic mass is 10.0. The van der Waals surface area contributed by atoms with Gasteiger partial charge in [0.15, 0.2) is 0 Å². The van der Waals surface area contributed by atoms with E-state index in [1.165, 1.54) is 19.3 Å². The van der Waals surface area contributed by atoms with Crippen LogP contribution in [0.4, 0.5) is 4.79 Å². The molecule has 2 amide bonds. The number of urea groups is 1. The second kappa shape index (κ2) is 7.45. The number of aliphatic hydroxyl groups is 1. The van der Waals surface area contributed by atoms with Crippen molar-refractivity contribution in [3.8, 4) is 0 Å². The van der Waals surface area contributed by atoms with E-state index in [9.17, 15) is 9.90 Å². The second-order valence-electron chi connectivity index (χ2n) is 6.90. The first kappa shape index (κ1) is 16.6. The van der Waals surface area contributed by atoms with E-state index in [-0.39, 0.29) is 18.1 Å². The summed E-state index contributed by atoms with van der Waals surface area (Å²) in [5.41, 5.74) is 0. The fourth-order valence-electron chi connectivity index (χ4n) is 3.60. The summed E-state index contributed by atoms with van der Waals surface area (Å²) in [5.74, 6) is 0.234. The maximum absolute atomic E-state index is 12.2. The quantitative estimate of drug-likeness (QED) is 0.830. The number of likely N-dealkylation sites (tertiary alicyclic amines) is 2. The molecule has 0 spiro atoms. The number of hydrogen-bond donors (Lipinski definition) is 2. The molecule has 2 aliphatic heterocycles. The molecule has 0 aromatic carbocycles. The van der Waals surface area contributed by atoms with Gasteiger partial charge in [-0.15, -0.1) is 0 Å². The zero-order valence-electron chi connectivity index (χ0n) is 13.7. The Hall–Kier alpha value is -0.810. The number of carbonyl (C=O) groups excluding carboxylic acids is 1.